The van der Waals surface area contributed by atoms with Gasteiger partial charge in [-0.15, -0.1) is 0 Å². The molecule has 2 rings (SSSR count). The molecule has 0 aromatic heterocycles. The standard InChI is InChI=1S/C15H12F2N2/c1-10-5-6-11(7-14(10)17)15(9-18)19-13-4-2-3-12(16)8-13/h2-8,15,19H,1H3. The molecule has 0 heterocycles. The second kappa shape index (κ2) is 5.49. The topological polar surface area (TPSA) is 35.8 Å². The fourth-order valence-corrected chi connectivity index (χ4v) is 1.72. The summed E-state index contributed by atoms with van der Waals surface area (Å²) in [4.78, 5) is 0. The van der Waals surface area contributed by atoms with Crippen molar-refractivity contribution in [2.75, 3.05) is 5.32 Å². The molecule has 0 aliphatic heterocycles. The average molecular weight is 258 g/mol. The fourth-order valence-electron chi connectivity index (χ4n) is 1.72. The highest BCUT2D eigenvalue weighted by atomic mass is 19.1. The van der Waals surface area contributed by atoms with Gasteiger partial charge in [-0.1, -0.05) is 18.2 Å². The number of hydrogen-bond acceptors (Lipinski definition) is 2. The molecule has 0 aliphatic carbocycles. The van der Waals surface area contributed by atoms with Crippen molar-refractivity contribution in [1.82, 2.24) is 0 Å². The summed E-state index contributed by atoms with van der Waals surface area (Å²) in [5, 5.41) is 12.0. The zero-order valence-electron chi connectivity index (χ0n) is 10.3. The Labute approximate surface area is 110 Å². The van der Waals surface area contributed by atoms with Crippen LogP contribution in [0.3, 0.4) is 0 Å². The van der Waals surface area contributed by atoms with E-state index in [2.05, 4.69) is 5.32 Å². The van der Waals surface area contributed by atoms with Crippen LogP contribution in [0.15, 0.2) is 42.5 Å². The Morgan fingerprint density at radius 1 is 1.16 bits per heavy atom. The summed E-state index contributed by atoms with van der Waals surface area (Å²) >= 11 is 0. The Morgan fingerprint density at radius 2 is 1.95 bits per heavy atom. The van der Waals surface area contributed by atoms with Crippen LogP contribution in [-0.2, 0) is 0 Å². The lowest BCUT2D eigenvalue weighted by Crippen LogP contribution is -2.09. The molecule has 19 heavy (non-hydrogen) atoms. The summed E-state index contributed by atoms with van der Waals surface area (Å²) in [6.07, 6.45) is 0. The molecule has 0 spiro atoms. The second-order valence-corrected chi connectivity index (χ2v) is 4.23. The number of anilines is 1. The van der Waals surface area contributed by atoms with Gasteiger partial charge in [-0.3, -0.25) is 0 Å². The van der Waals surface area contributed by atoms with E-state index in [4.69, 9.17) is 5.26 Å². The summed E-state index contributed by atoms with van der Waals surface area (Å²) in [5.74, 6) is -0.754. The van der Waals surface area contributed by atoms with E-state index in [1.165, 1.54) is 18.2 Å². The van der Waals surface area contributed by atoms with Gasteiger partial charge in [0.25, 0.3) is 0 Å². The predicted octanol–water partition coefficient (Wildman–Crippen LogP) is 3.95. The molecule has 4 heteroatoms. The molecule has 2 aromatic carbocycles. The van der Waals surface area contributed by atoms with Crippen LogP contribution in [0, 0.1) is 29.9 Å². The second-order valence-electron chi connectivity index (χ2n) is 4.23. The number of benzene rings is 2. The minimum Gasteiger partial charge on any atom is -0.366 e. The maximum absolute atomic E-state index is 13.5. The molecule has 0 radical (unpaired) electrons. The van der Waals surface area contributed by atoms with E-state index in [9.17, 15) is 8.78 Å². The Kier molecular flexibility index (Phi) is 3.76. The molecule has 0 saturated carbocycles. The lowest BCUT2D eigenvalue weighted by atomic mass is 10.1. The number of rotatable bonds is 3. The lowest BCUT2D eigenvalue weighted by Gasteiger charge is -2.14. The van der Waals surface area contributed by atoms with Crippen LogP contribution >= 0.6 is 0 Å². The van der Waals surface area contributed by atoms with Gasteiger partial charge in [-0.2, -0.15) is 5.26 Å². The Morgan fingerprint density at radius 3 is 2.58 bits per heavy atom. The summed E-state index contributed by atoms with van der Waals surface area (Å²) in [6.45, 7) is 1.65. The highest BCUT2D eigenvalue weighted by molar-refractivity contribution is 5.47. The van der Waals surface area contributed by atoms with E-state index >= 15 is 0 Å². The van der Waals surface area contributed by atoms with Crippen LogP contribution in [-0.4, -0.2) is 0 Å². The van der Waals surface area contributed by atoms with E-state index in [1.807, 2.05) is 6.07 Å². The van der Waals surface area contributed by atoms with E-state index < -0.39 is 11.9 Å². The van der Waals surface area contributed by atoms with E-state index in [-0.39, 0.29) is 5.82 Å². The quantitative estimate of drug-likeness (QED) is 0.904. The molecule has 1 atom stereocenters. The number of nitrogens with zero attached hydrogens (tertiary/aromatic N) is 1. The third-order valence-electron chi connectivity index (χ3n) is 2.79. The van der Waals surface area contributed by atoms with Crippen molar-refractivity contribution in [2.24, 2.45) is 0 Å². The number of hydrogen-bond donors (Lipinski definition) is 1. The monoisotopic (exact) mass is 258 g/mol. The fraction of sp³-hybridized carbons (Fsp3) is 0.133. The van der Waals surface area contributed by atoms with Gasteiger partial charge in [0.1, 0.15) is 17.7 Å². The molecule has 0 saturated heterocycles. The largest absolute Gasteiger partial charge is 0.366 e. The van der Waals surface area contributed by atoms with Crippen LogP contribution < -0.4 is 5.32 Å². The summed E-state index contributed by atoms with van der Waals surface area (Å²) in [7, 11) is 0. The Balaban J connectivity index is 2.25. The average Bonchev–Trinajstić information content (AvgIpc) is 2.39. The molecule has 0 aliphatic rings. The zero-order valence-corrected chi connectivity index (χ0v) is 10.3. The Bertz CT molecular complexity index is 632. The first kappa shape index (κ1) is 13.0. The Hall–Kier alpha value is -2.41. The summed E-state index contributed by atoms with van der Waals surface area (Å²) < 4.78 is 26.5. The smallest absolute Gasteiger partial charge is 0.140 e. The minimum absolute atomic E-state index is 0.362. The maximum atomic E-state index is 13.5. The minimum atomic E-state index is -0.725. The molecular formula is C15H12F2N2. The van der Waals surface area contributed by atoms with Gasteiger partial charge in [0.05, 0.1) is 6.07 Å². The summed E-state index contributed by atoms with van der Waals surface area (Å²) in [5.41, 5.74) is 1.51. The van der Waals surface area contributed by atoms with Gasteiger partial charge in [0.15, 0.2) is 0 Å². The van der Waals surface area contributed by atoms with Crippen LogP contribution in [0.5, 0.6) is 0 Å². The number of aryl methyl sites for hydroxylation is 1. The highest BCUT2D eigenvalue weighted by Crippen LogP contribution is 2.21. The van der Waals surface area contributed by atoms with Crippen LogP contribution in [0.2, 0.25) is 0 Å². The van der Waals surface area contributed by atoms with Gasteiger partial charge in [-0.05, 0) is 42.3 Å². The van der Waals surface area contributed by atoms with Gasteiger partial charge in [-0.25, -0.2) is 8.78 Å². The zero-order chi connectivity index (χ0) is 13.8. The third-order valence-corrected chi connectivity index (χ3v) is 2.79. The lowest BCUT2D eigenvalue weighted by molar-refractivity contribution is 0.615. The van der Waals surface area contributed by atoms with Crippen LogP contribution in [0.1, 0.15) is 17.2 Å². The number of nitrogens with one attached hydrogen (secondary N) is 1. The van der Waals surface area contributed by atoms with E-state index in [0.29, 0.717) is 16.8 Å². The molecule has 1 unspecified atom stereocenters. The number of nitriles is 1. The van der Waals surface area contributed by atoms with Gasteiger partial charge >= 0.3 is 0 Å². The maximum Gasteiger partial charge on any atom is 0.140 e. The molecule has 1 N–H and O–H groups in total. The van der Waals surface area contributed by atoms with Crippen molar-refractivity contribution in [3.8, 4) is 6.07 Å². The molecule has 2 aromatic rings. The highest BCUT2D eigenvalue weighted by Gasteiger charge is 2.12. The van der Waals surface area contributed by atoms with Crippen molar-refractivity contribution >= 4 is 5.69 Å². The summed E-state index contributed by atoms with van der Waals surface area (Å²) in [6, 6.07) is 11.7. The van der Waals surface area contributed by atoms with Crippen molar-refractivity contribution in [3.63, 3.8) is 0 Å². The van der Waals surface area contributed by atoms with Gasteiger partial charge in [0, 0.05) is 5.69 Å². The molecule has 0 amide bonds. The first-order valence-electron chi connectivity index (χ1n) is 5.78. The van der Waals surface area contributed by atoms with Crippen molar-refractivity contribution in [2.45, 2.75) is 13.0 Å². The third kappa shape index (κ3) is 3.08. The first-order valence-corrected chi connectivity index (χ1v) is 5.78. The van der Waals surface area contributed by atoms with Gasteiger partial charge < -0.3 is 5.32 Å². The molecule has 2 nitrogen and oxygen atoms in total. The van der Waals surface area contributed by atoms with Gasteiger partial charge in [0.2, 0.25) is 0 Å². The first-order chi connectivity index (χ1) is 9.10. The molecular weight excluding hydrogens is 246 g/mol. The molecule has 0 fully saturated rings. The molecule has 0 bridgehead atoms. The molecule has 96 valence electrons. The van der Waals surface area contributed by atoms with Crippen LogP contribution in [0.25, 0.3) is 0 Å². The predicted molar refractivity (Wildman–Crippen MR) is 69.5 cm³/mol. The van der Waals surface area contributed by atoms with Crippen molar-refractivity contribution in [1.29, 1.82) is 5.26 Å². The van der Waals surface area contributed by atoms with Crippen molar-refractivity contribution < 1.29 is 8.78 Å². The van der Waals surface area contributed by atoms with Crippen molar-refractivity contribution in [3.05, 3.63) is 65.2 Å². The number of halogens is 2. The van der Waals surface area contributed by atoms with E-state index in [1.54, 1.807) is 31.2 Å². The SMILES string of the molecule is Cc1ccc(C(C#N)Nc2cccc(F)c2)cc1F. The van der Waals surface area contributed by atoms with Crippen LogP contribution in [0.4, 0.5) is 14.5 Å². The normalized spacial score (nSPS) is 11.7. The van der Waals surface area contributed by atoms with E-state index in [0.717, 1.165) is 0 Å².